The molecule has 88 valence electrons. The largest absolute Gasteiger partial charge is 0.399 e. The minimum absolute atomic E-state index is 0.264. The third kappa shape index (κ3) is 2.98. The molecule has 1 atom stereocenters. The second-order valence-corrected chi connectivity index (χ2v) is 6.80. The van der Waals surface area contributed by atoms with Gasteiger partial charge < -0.3 is 5.73 Å². The zero-order valence-corrected chi connectivity index (χ0v) is 10.0. The molecule has 1 aliphatic heterocycles. The molecule has 1 heterocycles. The van der Waals surface area contributed by atoms with E-state index in [0.717, 1.165) is 30.5 Å². The van der Waals surface area contributed by atoms with Gasteiger partial charge in [-0.05, 0) is 42.9 Å². The van der Waals surface area contributed by atoms with Crippen LogP contribution in [0.5, 0.6) is 0 Å². The summed E-state index contributed by atoms with van der Waals surface area (Å²) in [5.74, 6) is 0.961. The lowest BCUT2D eigenvalue weighted by Crippen LogP contribution is -2.26. The van der Waals surface area contributed by atoms with Gasteiger partial charge in [0.1, 0.15) is 0 Å². The van der Waals surface area contributed by atoms with Crippen LogP contribution in [0, 0.1) is 5.92 Å². The molecule has 1 aliphatic rings. The molecule has 4 heteroatoms. The van der Waals surface area contributed by atoms with Gasteiger partial charge in [0.05, 0.1) is 11.5 Å². The Bertz CT molecular complexity index is 468. The molecule has 0 bridgehead atoms. The third-order valence-electron chi connectivity index (χ3n) is 3.03. The smallest absolute Gasteiger partial charge is 0.150 e. The van der Waals surface area contributed by atoms with Crippen LogP contribution in [0.25, 0.3) is 0 Å². The maximum absolute atomic E-state index is 11.5. The van der Waals surface area contributed by atoms with Gasteiger partial charge in [0.2, 0.25) is 0 Å². The predicted molar refractivity (Wildman–Crippen MR) is 65.9 cm³/mol. The van der Waals surface area contributed by atoms with Crippen LogP contribution in [-0.2, 0) is 16.3 Å². The van der Waals surface area contributed by atoms with Gasteiger partial charge in [0, 0.05) is 5.69 Å². The van der Waals surface area contributed by atoms with Crippen molar-refractivity contribution in [3.8, 4) is 0 Å². The molecule has 0 aliphatic carbocycles. The molecule has 1 saturated heterocycles. The second-order valence-electron chi connectivity index (χ2n) is 4.57. The van der Waals surface area contributed by atoms with Crippen LogP contribution in [0.15, 0.2) is 24.3 Å². The van der Waals surface area contributed by atoms with Crippen LogP contribution in [0.3, 0.4) is 0 Å². The van der Waals surface area contributed by atoms with Crippen LogP contribution in [0.2, 0.25) is 0 Å². The van der Waals surface area contributed by atoms with Crippen molar-refractivity contribution in [3.05, 3.63) is 29.8 Å². The summed E-state index contributed by atoms with van der Waals surface area (Å²) in [5, 5.41) is 0. The van der Waals surface area contributed by atoms with Crippen molar-refractivity contribution in [2.45, 2.75) is 19.3 Å². The predicted octanol–water partition coefficient (Wildman–Crippen LogP) is 1.64. The molecule has 3 nitrogen and oxygen atoms in total. The second kappa shape index (κ2) is 4.45. The Morgan fingerprint density at radius 3 is 2.88 bits per heavy atom. The number of benzene rings is 1. The average molecular weight is 239 g/mol. The molecular weight excluding hydrogens is 222 g/mol. The monoisotopic (exact) mass is 239 g/mol. The summed E-state index contributed by atoms with van der Waals surface area (Å²) in [6.07, 6.45) is 2.63. The number of nitrogens with two attached hydrogens (primary N) is 1. The van der Waals surface area contributed by atoms with Gasteiger partial charge in [-0.2, -0.15) is 0 Å². The standard InChI is InChI=1S/C12H17NO2S/c13-12-5-1-3-10(8-12)7-11-4-2-6-16(14,15)9-11/h1,3,5,8,11H,2,4,6-7,9,13H2. The number of rotatable bonds is 2. The molecule has 1 aromatic carbocycles. The highest BCUT2D eigenvalue weighted by atomic mass is 32.2. The Balaban J connectivity index is 2.05. The van der Waals surface area contributed by atoms with Crippen LogP contribution in [0.1, 0.15) is 18.4 Å². The van der Waals surface area contributed by atoms with Gasteiger partial charge in [0.25, 0.3) is 0 Å². The van der Waals surface area contributed by atoms with Gasteiger partial charge in [-0.25, -0.2) is 8.42 Å². The van der Waals surface area contributed by atoms with Crippen LogP contribution in [0.4, 0.5) is 5.69 Å². The normalized spacial score (nSPS) is 24.1. The SMILES string of the molecule is Nc1cccc(CC2CCCS(=O)(=O)C2)c1. The molecule has 0 amide bonds. The highest BCUT2D eigenvalue weighted by Gasteiger charge is 2.24. The summed E-state index contributed by atoms with van der Waals surface area (Å²) in [4.78, 5) is 0. The Morgan fingerprint density at radius 1 is 1.38 bits per heavy atom. The molecule has 0 aromatic heterocycles. The minimum atomic E-state index is -2.79. The van der Waals surface area contributed by atoms with E-state index in [-0.39, 0.29) is 5.92 Å². The van der Waals surface area contributed by atoms with E-state index in [4.69, 9.17) is 5.73 Å². The minimum Gasteiger partial charge on any atom is -0.399 e. The fraction of sp³-hybridized carbons (Fsp3) is 0.500. The molecular formula is C12H17NO2S. The summed E-state index contributed by atoms with van der Waals surface area (Å²) in [7, 11) is -2.79. The van der Waals surface area contributed by atoms with Gasteiger partial charge in [0.15, 0.2) is 9.84 Å². The van der Waals surface area contributed by atoms with Crippen LogP contribution < -0.4 is 5.73 Å². The van der Waals surface area contributed by atoms with E-state index in [0.29, 0.717) is 11.5 Å². The highest BCUT2D eigenvalue weighted by molar-refractivity contribution is 7.91. The lowest BCUT2D eigenvalue weighted by atomic mass is 9.96. The molecule has 0 radical (unpaired) electrons. The third-order valence-corrected chi connectivity index (χ3v) is 4.92. The topological polar surface area (TPSA) is 60.2 Å². The van der Waals surface area contributed by atoms with Crippen molar-refractivity contribution in [1.82, 2.24) is 0 Å². The van der Waals surface area contributed by atoms with Crippen molar-refractivity contribution < 1.29 is 8.42 Å². The number of anilines is 1. The van der Waals surface area contributed by atoms with Gasteiger partial charge in [-0.1, -0.05) is 12.1 Å². The van der Waals surface area contributed by atoms with E-state index >= 15 is 0 Å². The number of hydrogen-bond acceptors (Lipinski definition) is 3. The van der Waals surface area contributed by atoms with Crippen LogP contribution >= 0.6 is 0 Å². The fourth-order valence-corrected chi connectivity index (χ4v) is 4.11. The van der Waals surface area contributed by atoms with Gasteiger partial charge in [-0.15, -0.1) is 0 Å². The number of nitrogen functional groups attached to an aromatic ring is 1. The van der Waals surface area contributed by atoms with E-state index in [2.05, 4.69) is 0 Å². The first-order chi connectivity index (χ1) is 7.55. The summed E-state index contributed by atoms with van der Waals surface area (Å²) < 4.78 is 23.0. The van der Waals surface area contributed by atoms with Gasteiger partial charge in [-0.3, -0.25) is 0 Å². The molecule has 1 unspecified atom stereocenters. The maximum Gasteiger partial charge on any atom is 0.150 e. The van der Waals surface area contributed by atoms with E-state index in [1.165, 1.54) is 0 Å². The highest BCUT2D eigenvalue weighted by Crippen LogP contribution is 2.22. The summed E-state index contributed by atoms with van der Waals surface area (Å²) in [6.45, 7) is 0. The molecule has 1 aromatic rings. The van der Waals surface area contributed by atoms with Crippen molar-refractivity contribution in [2.24, 2.45) is 5.92 Å². The zero-order chi connectivity index (χ0) is 11.6. The maximum atomic E-state index is 11.5. The van der Waals surface area contributed by atoms with Crippen molar-refractivity contribution in [1.29, 1.82) is 0 Å². The summed E-state index contributed by atoms with van der Waals surface area (Å²) in [6, 6.07) is 7.71. The summed E-state index contributed by atoms with van der Waals surface area (Å²) in [5.41, 5.74) is 7.59. The zero-order valence-electron chi connectivity index (χ0n) is 9.22. The quantitative estimate of drug-likeness (QED) is 0.798. The van der Waals surface area contributed by atoms with Crippen molar-refractivity contribution >= 4 is 15.5 Å². The first-order valence-corrected chi connectivity index (χ1v) is 7.42. The Morgan fingerprint density at radius 2 is 2.19 bits per heavy atom. The number of sulfone groups is 1. The van der Waals surface area contributed by atoms with E-state index in [9.17, 15) is 8.42 Å². The average Bonchev–Trinajstić information content (AvgIpc) is 2.15. The molecule has 2 N–H and O–H groups in total. The van der Waals surface area contributed by atoms with E-state index < -0.39 is 9.84 Å². The van der Waals surface area contributed by atoms with E-state index in [1.807, 2.05) is 24.3 Å². The molecule has 2 rings (SSSR count). The lowest BCUT2D eigenvalue weighted by molar-refractivity contribution is 0.484. The number of hydrogen-bond donors (Lipinski definition) is 1. The molecule has 0 spiro atoms. The Labute approximate surface area is 96.6 Å². The lowest BCUT2D eigenvalue weighted by Gasteiger charge is -2.21. The molecule has 0 saturated carbocycles. The molecule has 1 fully saturated rings. The Kier molecular flexibility index (Phi) is 3.19. The van der Waals surface area contributed by atoms with E-state index in [1.54, 1.807) is 0 Å². The Hall–Kier alpha value is -1.03. The molecule has 16 heavy (non-hydrogen) atoms. The van der Waals surface area contributed by atoms with Crippen molar-refractivity contribution in [2.75, 3.05) is 17.2 Å². The summed E-state index contributed by atoms with van der Waals surface area (Å²) >= 11 is 0. The first-order valence-electron chi connectivity index (χ1n) is 5.60. The fourth-order valence-electron chi connectivity index (χ4n) is 2.33. The van der Waals surface area contributed by atoms with Crippen LogP contribution in [-0.4, -0.2) is 19.9 Å². The van der Waals surface area contributed by atoms with Gasteiger partial charge >= 0.3 is 0 Å². The van der Waals surface area contributed by atoms with Crippen molar-refractivity contribution in [3.63, 3.8) is 0 Å². The first kappa shape index (κ1) is 11.5.